The van der Waals surface area contributed by atoms with E-state index in [9.17, 15) is 37.1 Å². The van der Waals surface area contributed by atoms with Crippen LogP contribution in [0.1, 0.15) is 66.6 Å². The van der Waals surface area contributed by atoms with E-state index in [1.165, 1.54) is 12.1 Å². The Kier molecular flexibility index (Phi) is 11.1. The van der Waals surface area contributed by atoms with E-state index in [-0.39, 0.29) is 36.7 Å². The summed E-state index contributed by atoms with van der Waals surface area (Å²) in [5.41, 5.74) is 1.16. The number of carbonyl (C=O) groups excluding carboxylic acids is 1. The minimum atomic E-state index is -4.77. The summed E-state index contributed by atoms with van der Waals surface area (Å²) in [5.74, 6) is -2.42. The van der Waals surface area contributed by atoms with Gasteiger partial charge < -0.3 is 19.9 Å². The molecule has 1 unspecified atom stereocenters. The molecule has 4 aromatic rings. The summed E-state index contributed by atoms with van der Waals surface area (Å²) in [6, 6.07) is 12.1. The maximum Gasteiger partial charge on any atom is 0.416 e. The van der Waals surface area contributed by atoms with Crippen molar-refractivity contribution in [1.29, 1.82) is 0 Å². The first-order valence-electron chi connectivity index (χ1n) is 15.7. The van der Waals surface area contributed by atoms with Gasteiger partial charge in [0.25, 0.3) is 5.56 Å². The van der Waals surface area contributed by atoms with Crippen LogP contribution in [0.4, 0.5) is 17.6 Å². The van der Waals surface area contributed by atoms with Gasteiger partial charge in [0.15, 0.2) is 0 Å². The molecule has 0 aliphatic rings. The molecule has 11 heteroatoms. The lowest BCUT2D eigenvalue weighted by Gasteiger charge is -2.27. The van der Waals surface area contributed by atoms with Crippen molar-refractivity contribution in [3.63, 3.8) is 0 Å². The van der Waals surface area contributed by atoms with Gasteiger partial charge in [0, 0.05) is 18.8 Å². The molecule has 48 heavy (non-hydrogen) atoms. The van der Waals surface area contributed by atoms with Crippen LogP contribution in [0.25, 0.3) is 21.9 Å². The van der Waals surface area contributed by atoms with Crippen LogP contribution in [0.5, 0.6) is 0 Å². The number of aryl methyl sites for hydroxylation is 2. The van der Waals surface area contributed by atoms with Crippen molar-refractivity contribution in [2.24, 2.45) is 5.92 Å². The number of fused-ring (bicyclic) bond motifs is 1. The normalized spacial score (nSPS) is 13.2. The number of carbonyl (C=O) groups is 2. The van der Waals surface area contributed by atoms with Crippen LogP contribution in [0.2, 0.25) is 0 Å². The molecule has 2 atom stereocenters. The highest BCUT2D eigenvalue weighted by Crippen LogP contribution is 2.36. The number of rotatable bonds is 12. The quantitative estimate of drug-likeness (QED) is 0.153. The summed E-state index contributed by atoms with van der Waals surface area (Å²) in [5, 5.41) is 14.3. The van der Waals surface area contributed by atoms with Crippen molar-refractivity contribution >= 4 is 22.6 Å². The topological polar surface area (TPSA) is 91.6 Å². The van der Waals surface area contributed by atoms with E-state index < -0.39 is 47.7 Å². The van der Waals surface area contributed by atoms with E-state index in [0.29, 0.717) is 33.7 Å². The van der Waals surface area contributed by atoms with E-state index in [4.69, 9.17) is 0 Å². The minimum Gasteiger partial charge on any atom is -0.481 e. The Bertz CT molecular complexity index is 1860. The van der Waals surface area contributed by atoms with Crippen LogP contribution in [0, 0.1) is 25.6 Å². The monoisotopic (exact) mass is 667 g/mol. The molecule has 0 saturated heterocycles. The van der Waals surface area contributed by atoms with Crippen molar-refractivity contribution < 1.29 is 32.3 Å². The minimum absolute atomic E-state index is 0.0131. The van der Waals surface area contributed by atoms with E-state index in [1.807, 2.05) is 38.1 Å². The van der Waals surface area contributed by atoms with Gasteiger partial charge in [-0.1, -0.05) is 38.1 Å². The number of benzene rings is 3. The van der Waals surface area contributed by atoms with E-state index in [1.54, 1.807) is 45.0 Å². The highest BCUT2D eigenvalue weighted by molar-refractivity contribution is 5.93. The molecule has 0 radical (unpaired) electrons. The second kappa shape index (κ2) is 14.7. The predicted octanol–water partition coefficient (Wildman–Crippen LogP) is 7.47. The number of amides is 1. The maximum absolute atomic E-state index is 14.2. The Hall–Kier alpha value is -4.51. The Morgan fingerprint density at radius 3 is 2.23 bits per heavy atom. The lowest BCUT2D eigenvalue weighted by atomic mass is 9.88. The fourth-order valence-corrected chi connectivity index (χ4v) is 6.26. The first-order valence-corrected chi connectivity index (χ1v) is 15.7. The lowest BCUT2D eigenvalue weighted by Crippen LogP contribution is -2.40. The number of carboxylic acids is 1. The zero-order valence-corrected chi connectivity index (χ0v) is 27.9. The third-order valence-electron chi connectivity index (χ3n) is 8.38. The molecule has 0 aliphatic heterocycles. The van der Waals surface area contributed by atoms with Gasteiger partial charge in [0.2, 0.25) is 5.91 Å². The van der Waals surface area contributed by atoms with Crippen molar-refractivity contribution in [3.8, 4) is 11.1 Å². The Balaban J connectivity index is 1.86. The average Bonchev–Trinajstić information content (AvgIpc) is 2.97. The van der Waals surface area contributed by atoms with E-state index in [0.717, 1.165) is 21.7 Å². The number of carboxylic acid groups (broad SMARTS) is 1. The van der Waals surface area contributed by atoms with Crippen LogP contribution in [-0.2, 0) is 22.2 Å². The van der Waals surface area contributed by atoms with Crippen molar-refractivity contribution in [2.75, 3.05) is 20.6 Å². The highest BCUT2D eigenvalue weighted by Gasteiger charge is 2.36. The summed E-state index contributed by atoms with van der Waals surface area (Å²) in [6.45, 7) is 7.48. The molecule has 7 nitrogen and oxygen atoms in total. The second-order valence-electron chi connectivity index (χ2n) is 13.0. The molecule has 0 bridgehead atoms. The summed E-state index contributed by atoms with van der Waals surface area (Å²) < 4.78 is 57.1. The summed E-state index contributed by atoms with van der Waals surface area (Å²) in [6.07, 6.45) is -4.07. The Morgan fingerprint density at radius 1 is 1.00 bits per heavy atom. The maximum atomic E-state index is 14.2. The molecule has 1 amide bonds. The van der Waals surface area contributed by atoms with Gasteiger partial charge >= 0.3 is 12.1 Å². The molecule has 0 aliphatic carbocycles. The fourth-order valence-electron chi connectivity index (χ4n) is 6.26. The molecule has 0 saturated carbocycles. The number of pyridine rings is 1. The third kappa shape index (κ3) is 8.49. The number of likely N-dealkylation sites (N-methyl/N-ethyl adjacent to an activating group) is 1. The van der Waals surface area contributed by atoms with Gasteiger partial charge in [-0.25, -0.2) is 4.39 Å². The first kappa shape index (κ1) is 36.3. The zero-order valence-electron chi connectivity index (χ0n) is 27.9. The van der Waals surface area contributed by atoms with Gasteiger partial charge in [-0.2, -0.15) is 13.2 Å². The van der Waals surface area contributed by atoms with E-state index in [2.05, 4.69) is 5.32 Å². The molecular formula is C37H41F4N3O4. The van der Waals surface area contributed by atoms with Crippen molar-refractivity contribution in [2.45, 2.75) is 65.2 Å². The van der Waals surface area contributed by atoms with Crippen molar-refractivity contribution in [3.05, 3.63) is 105 Å². The second-order valence-corrected chi connectivity index (χ2v) is 13.0. The first-order chi connectivity index (χ1) is 22.5. The van der Waals surface area contributed by atoms with Crippen LogP contribution in [-0.4, -0.2) is 47.1 Å². The van der Waals surface area contributed by atoms with Crippen LogP contribution >= 0.6 is 0 Å². The van der Waals surface area contributed by atoms with Gasteiger partial charge in [-0.3, -0.25) is 14.4 Å². The number of nitrogens with one attached hydrogen (secondary N) is 1. The molecule has 0 spiro atoms. The van der Waals surface area contributed by atoms with Gasteiger partial charge in [0.05, 0.1) is 18.0 Å². The number of aliphatic carboxylic acids is 1. The average molecular weight is 668 g/mol. The largest absolute Gasteiger partial charge is 0.481 e. The third-order valence-corrected chi connectivity index (χ3v) is 8.38. The molecule has 0 fully saturated rings. The SMILES string of the molecule is Cc1cc(F)cc(C)c1-c1cc(C(CC(=O)O)NC(=O)[C@H](CC(C)C)n2cc(CCN(C)C)c(C(F)(F)F)cc2=O)c2ccccc2c1. The Labute approximate surface area is 277 Å². The summed E-state index contributed by atoms with van der Waals surface area (Å²) >= 11 is 0. The van der Waals surface area contributed by atoms with Gasteiger partial charge in [-0.05, 0) is 115 Å². The molecule has 256 valence electrons. The predicted molar refractivity (Wildman–Crippen MR) is 178 cm³/mol. The molecule has 2 N–H and O–H groups in total. The Morgan fingerprint density at radius 2 is 1.65 bits per heavy atom. The number of hydrogen-bond acceptors (Lipinski definition) is 4. The zero-order chi connectivity index (χ0) is 35.5. The standard InChI is InChI=1S/C37H41F4N3O4/c1-21(2)13-32(44-20-25(11-12-43(5)6)30(18-33(44)45)37(39,40)41)36(48)42-31(19-34(46)47)29-17-26(16-24-9-7-8-10-28(24)29)35-22(3)14-27(38)15-23(35)4/h7-10,14-18,20-21,31-32H,11-13,19H2,1-6H3,(H,42,48)(H,46,47)/t31?,32-/m0/s1. The number of aromatic nitrogens is 1. The molecule has 4 rings (SSSR count). The number of alkyl halides is 3. The summed E-state index contributed by atoms with van der Waals surface area (Å²) in [4.78, 5) is 41.3. The molecule has 1 aromatic heterocycles. The van der Waals surface area contributed by atoms with Crippen LogP contribution in [0.3, 0.4) is 0 Å². The smallest absolute Gasteiger partial charge is 0.416 e. The number of halogens is 4. The molecule has 1 heterocycles. The van der Waals surface area contributed by atoms with Crippen LogP contribution in [0.15, 0.2) is 65.6 Å². The number of hydrogen-bond donors (Lipinski definition) is 2. The van der Waals surface area contributed by atoms with E-state index >= 15 is 0 Å². The lowest BCUT2D eigenvalue weighted by molar-refractivity contribution is -0.139. The number of nitrogens with zero attached hydrogens (tertiary/aromatic N) is 2. The van der Waals surface area contributed by atoms with Crippen LogP contribution < -0.4 is 10.9 Å². The summed E-state index contributed by atoms with van der Waals surface area (Å²) in [7, 11) is 3.44. The van der Waals surface area contributed by atoms with Gasteiger partial charge in [0.1, 0.15) is 11.9 Å². The molecular weight excluding hydrogens is 626 g/mol. The van der Waals surface area contributed by atoms with Gasteiger partial charge in [-0.15, -0.1) is 0 Å². The molecule has 3 aromatic carbocycles. The highest BCUT2D eigenvalue weighted by atomic mass is 19.4. The van der Waals surface area contributed by atoms with Crippen molar-refractivity contribution in [1.82, 2.24) is 14.8 Å². The fraction of sp³-hybridized carbons (Fsp3) is 0.378.